The highest BCUT2D eigenvalue weighted by Crippen LogP contribution is 2.48. The van der Waals surface area contributed by atoms with Gasteiger partial charge in [0.05, 0.1) is 0 Å². The van der Waals surface area contributed by atoms with Gasteiger partial charge in [0.1, 0.15) is 5.82 Å². The molecule has 0 radical (unpaired) electrons. The second kappa shape index (κ2) is 9.59. The molecule has 180 valence electrons. The lowest BCUT2D eigenvalue weighted by Gasteiger charge is -2.42. The van der Waals surface area contributed by atoms with Crippen molar-refractivity contribution in [3.05, 3.63) is 53.3 Å². The Morgan fingerprint density at radius 3 is 2.15 bits per heavy atom. The number of fused-ring (bicyclic) bond motifs is 1. The third-order valence-electron chi connectivity index (χ3n) is 7.41. The van der Waals surface area contributed by atoms with Crippen molar-refractivity contribution in [3.8, 4) is 16.9 Å². The van der Waals surface area contributed by atoms with Gasteiger partial charge in [0.15, 0.2) is 11.6 Å². The first-order chi connectivity index (χ1) is 15.6. The number of halogens is 6. The Morgan fingerprint density at radius 2 is 1.52 bits per heavy atom. The molecule has 0 saturated heterocycles. The fraction of sp³-hybridized carbons (Fsp3) is 0.538. The maximum atomic E-state index is 14.9. The normalized spacial score (nSPS) is 25.5. The fourth-order valence-electron chi connectivity index (χ4n) is 5.91. The number of alkyl halides is 3. The van der Waals surface area contributed by atoms with E-state index in [0.717, 1.165) is 36.7 Å². The zero-order valence-corrected chi connectivity index (χ0v) is 18.5. The molecule has 4 unspecified atom stereocenters. The number of hydrogen-bond donors (Lipinski definition) is 0. The van der Waals surface area contributed by atoms with Gasteiger partial charge in [-0.1, -0.05) is 38.3 Å². The van der Waals surface area contributed by atoms with E-state index in [1.165, 1.54) is 44.2 Å². The lowest BCUT2D eigenvalue weighted by molar-refractivity contribution is -0.276. The molecule has 7 heteroatoms. The zero-order valence-electron chi connectivity index (χ0n) is 18.5. The summed E-state index contributed by atoms with van der Waals surface area (Å²) in [6.07, 6.45) is 4.22. The molecule has 0 spiro atoms. The Kier molecular flexibility index (Phi) is 6.96. The molecule has 0 heterocycles. The van der Waals surface area contributed by atoms with Gasteiger partial charge in [0.2, 0.25) is 5.75 Å². The van der Waals surface area contributed by atoms with Gasteiger partial charge >= 0.3 is 6.36 Å². The first kappa shape index (κ1) is 24.0. The standard InChI is InChI=1S/C26H28F6O/c1-2-3-15-4-5-17-11-18(7-6-16(17)10-15)19-8-9-21(22(27)12-19)20-13-23(28)25(24(29)14-20)33-26(30,31)32/h8-9,12-18H,2-7,10-11H2,1H3. The molecule has 0 aliphatic heterocycles. The average Bonchev–Trinajstić information content (AvgIpc) is 2.75. The molecular formula is C26H28F6O. The van der Waals surface area contributed by atoms with E-state index < -0.39 is 29.6 Å². The summed E-state index contributed by atoms with van der Waals surface area (Å²) >= 11 is 0. The van der Waals surface area contributed by atoms with E-state index in [1.807, 2.05) is 0 Å². The molecule has 0 N–H and O–H groups in total. The van der Waals surface area contributed by atoms with Crippen LogP contribution in [0.15, 0.2) is 30.3 Å². The van der Waals surface area contributed by atoms with Gasteiger partial charge in [0.25, 0.3) is 0 Å². The quantitative estimate of drug-likeness (QED) is 0.397. The van der Waals surface area contributed by atoms with Crippen molar-refractivity contribution in [1.29, 1.82) is 0 Å². The van der Waals surface area contributed by atoms with Crippen LogP contribution in [0.4, 0.5) is 26.3 Å². The van der Waals surface area contributed by atoms with Crippen LogP contribution in [0.3, 0.4) is 0 Å². The number of benzene rings is 2. The van der Waals surface area contributed by atoms with Gasteiger partial charge in [-0.15, -0.1) is 13.2 Å². The zero-order chi connectivity index (χ0) is 23.8. The third-order valence-corrected chi connectivity index (χ3v) is 7.41. The minimum atomic E-state index is -5.23. The largest absolute Gasteiger partial charge is 0.573 e. The highest BCUT2D eigenvalue weighted by atomic mass is 19.4. The van der Waals surface area contributed by atoms with Crippen molar-refractivity contribution >= 4 is 0 Å². The summed E-state index contributed by atoms with van der Waals surface area (Å²) in [5.41, 5.74) is 0.619. The van der Waals surface area contributed by atoms with Crippen LogP contribution in [0.2, 0.25) is 0 Å². The van der Waals surface area contributed by atoms with Crippen LogP contribution in [0.5, 0.6) is 5.75 Å². The summed E-state index contributed by atoms with van der Waals surface area (Å²) in [5, 5.41) is 0. The molecule has 2 aliphatic rings. The first-order valence-corrected chi connectivity index (χ1v) is 11.7. The van der Waals surface area contributed by atoms with E-state index in [2.05, 4.69) is 11.7 Å². The fourth-order valence-corrected chi connectivity index (χ4v) is 5.91. The van der Waals surface area contributed by atoms with Gasteiger partial charge < -0.3 is 4.74 Å². The Bertz CT molecular complexity index is 962. The molecule has 2 fully saturated rings. The topological polar surface area (TPSA) is 9.23 Å². The Morgan fingerprint density at radius 1 is 0.848 bits per heavy atom. The molecule has 33 heavy (non-hydrogen) atoms. The van der Waals surface area contributed by atoms with E-state index >= 15 is 0 Å². The van der Waals surface area contributed by atoms with Gasteiger partial charge in [-0.05, 0) is 85.1 Å². The summed E-state index contributed by atoms with van der Waals surface area (Å²) in [6.45, 7) is 2.23. The van der Waals surface area contributed by atoms with Crippen LogP contribution >= 0.6 is 0 Å². The van der Waals surface area contributed by atoms with Crippen molar-refractivity contribution < 1.29 is 31.1 Å². The van der Waals surface area contributed by atoms with E-state index in [9.17, 15) is 26.3 Å². The van der Waals surface area contributed by atoms with E-state index in [1.54, 1.807) is 6.07 Å². The molecular weight excluding hydrogens is 442 g/mol. The molecule has 2 saturated carbocycles. The van der Waals surface area contributed by atoms with Crippen LogP contribution in [0, 0.1) is 35.2 Å². The SMILES string of the molecule is CCCC1CCC2CC(c3ccc(-c4cc(F)c(OC(F)(F)F)c(F)c4)c(F)c3)CCC2C1. The summed E-state index contributed by atoms with van der Waals surface area (Å²) in [7, 11) is 0. The van der Waals surface area contributed by atoms with Crippen molar-refractivity contribution in [2.75, 3.05) is 0 Å². The highest BCUT2D eigenvalue weighted by molar-refractivity contribution is 5.66. The maximum absolute atomic E-state index is 14.9. The van der Waals surface area contributed by atoms with Crippen LogP contribution in [0.1, 0.15) is 69.8 Å². The summed E-state index contributed by atoms with van der Waals surface area (Å²) in [6, 6.07) is 5.93. The predicted molar refractivity (Wildman–Crippen MR) is 114 cm³/mol. The summed E-state index contributed by atoms with van der Waals surface area (Å²) in [4.78, 5) is 0. The Labute approximate surface area is 190 Å². The van der Waals surface area contributed by atoms with Crippen LogP contribution in [0.25, 0.3) is 11.1 Å². The molecule has 2 aliphatic carbocycles. The number of ether oxygens (including phenoxy) is 1. The molecule has 2 aromatic carbocycles. The smallest absolute Gasteiger partial charge is 0.399 e. The van der Waals surface area contributed by atoms with E-state index in [4.69, 9.17) is 0 Å². The second-order valence-electron chi connectivity index (χ2n) is 9.55. The van der Waals surface area contributed by atoms with E-state index in [0.29, 0.717) is 18.1 Å². The molecule has 0 amide bonds. The molecule has 0 aromatic heterocycles. The number of rotatable bonds is 5. The van der Waals surface area contributed by atoms with Crippen LogP contribution in [-0.2, 0) is 0 Å². The van der Waals surface area contributed by atoms with E-state index in [-0.39, 0.29) is 17.0 Å². The highest BCUT2D eigenvalue weighted by Gasteiger charge is 2.36. The van der Waals surface area contributed by atoms with Crippen molar-refractivity contribution in [1.82, 2.24) is 0 Å². The maximum Gasteiger partial charge on any atom is 0.573 e. The molecule has 0 bridgehead atoms. The minimum absolute atomic E-state index is 0.0659. The molecule has 4 atom stereocenters. The molecule has 4 rings (SSSR count). The number of hydrogen-bond acceptors (Lipinski definition) is 1. The predicted octanol–water partition coefficient (Wildman–Crippen LogP) is 8.77. The summed E-state index contributed by atoms with van der Waals surface area (Å²) < 4.78 is 83.5. The van der Waals surface area contributed by atoms with Crippen molar-refractivity contribution in [3.63, 3.8) is 0 Å². The average molecular weight is 470 g/mol. The van der Waals surface area contributed by atoms with Gasteiger partial charge in [-0.3, -0.25) is 0 Å². The van der Waals surface area contributed by atoms with Gasteiger partial charge in [0, 0.05) is 5.56 Å². The summed E-state index contributed by atoms with van der Waals surface area (Å²) in [5.74, 6) is -2.79. The van der Waals surface area contributed by atoms with Crippen LogP contribution < -0.4 is 4.74 Å². The van der Waals surface area contributed by atoms with Gasteiger partial charge in [-0.2, -0.15) is 0 Å². The minimum Gasteiger partial charge on any atom is -0.399 e. The second-order valence-corrected chi connectivity index (χ2v) is 9.55. The van der Waals surface area contributed by atoms with Gasteiger partial charge in [-0.25, -0.2) is 13.2 Å². The monoisotopic (exact) mass is 470 g/mol. The lowest BCUT2D eigenvalue weighted by atomic mass is 9.63. The Hall–Kier alpha value is -2.18. The molecule has 2 aromatic rings. The third kappa shape index (κ3) is 5.49. The molecule has 1 nitrogen and oxygen atoms in total. The lowest BCUT2D eigenvalue weighted by Crippen LogP contribution is -2.30. The van der Waals surface area contributed by atoms with Crippen LogP contribution in [-0.4, -0.2) is 6.36 Å². The Balaban J connectivity index is 1.49. The van der Waals surface area contributed by atoms with Crippen molar-refractivity contribution in [2.45, 2.75) is 70.6 Å². The van der Waals surface area contributed by atoms with Crippen molar-refractivity contribution in [2.24, 2.45) is 17.8 Å². The first-order valence-electron chi connectivity index (χ1n) is 11.7.